The SMILES string of the molecule is COc1ccc(N2CCN(c3ncnc4ccc(C)nc34)CC2)cn1. The summed E-state index contributed by atoms with van der Waals surface area (Å²) in [6.45, 7) is 5.57. The van der Waals surface area contributed by atoms with Gasteiger partial charge in [-0.15, -0.1) is 0 Å². The van der Waals surface area contributed by atoms with E-state index >= 15 is 0 Å². The Hall–Kier alpha value is -2.96. The van der Waals surface area contributed by atoms with Gasteiger partial charge in [0.15, 0.2) is 5.82 Å². The van der Waals surface area contributed by atoms with Crippen LogP contribution in [0.15, 0.2) is 36.8 Å². The lowest BCUT2D eigenvalue weighted by atomic mass is 10.2. The highest BCUT2D eigenvalue weighted by Gasteiger charge is 2.21. The summed E-state index contributed by atoms with van der Waals surface area (Å²) in [6, 6.07) is 7.93. The number of anilines is 2. The van der Waals surface area contributed by atoms with Gasteiger partial charge < -0.3 is 14.5 Å². The second kappa shape index (κ2) is 6.51. The van der Waals surface area contributed by atoms with E-state index in [9.17, 15) is 0 Å². The standard InChI is InChI=1S/C18H20N6O/c1-13-3-5-15-17(22-13)18(21-12-20-15)24-9-7-23(8-10-24)14-4-6-16(25-2)19-11-14/h3-6,11-12H,7-10H2,1-2H3. The van der Waals surface area contributed by atoms with Crippen LogP contribution in [0.2, 0.25) is 0 Å². The molecule has 4 rings (SSSR count). The van der Waals surface area contributed by atoms with Gasteiger partial charge >= 0.3 is 0 Å². The van der Waals surface area contributed by atoms with Crippen molar-refractivity contribution in [1.82, 2.24) is 19.9 Å². The zero-order chi connectivity index (χ0) is 17.2. The molecule has 128 valence electrons. The number of pyridine rings is 2. The van der Waals surface area contributed by atoms with Crippen molar-refractivity contribution in [2.45, 2.75) is 6.92 Å². The predicted molar refractivity (Wildman–Crippen MR) is 97.3 cm³/mol. The summed E-state index contributed by atoms with van der Waals surface area (Å²) in [6.07, 6.45) is 3.48. The fourth-order valence-electron chi connectivity index (χ4n) is 3.11. The van der Waals surface area contributed by atoms with Crippen LogP contribution in [-0.2, 0) is 0 Å². The summed E-state index contributed by atoms with van der Waals surface area (Å²) >= 11 is 0. The molecule has 0 aliphatic carbocycles. The third kappa shape index (κ3) is 3.05. The van der Waals surface area contributed by atoms with E-state index in [1.807, 2.05) is 37.4 Å². The Morgan fingerprint density at radius 2 is 1.72 bits per heavy atom. The van der Waals surface area contributed by atoms with Crippen molar-refractivity contribution in [2.24, 2.45) is 0 Å². The molecule has 25 heavy (non-hydrogen) atoms. The van der Waals surface area contributed by atoms with Crippen LogP contribution in [0.25, 0.3) is 11.0 Å². The zero-order valence-electron chi connectivity index (χ0n) is 14.4. The van der Waals surface area contributed by atoms with Gasteiger partial charge in [-0.2, -0.15) is 0 Å². The summed E-state index contributed by atoms with van der Waals surface area (Å²) in [4.78, 5) is 22.4. The highest BCUT2D eigenvalue weighted by Crippen LogP contribution is 2.24. The van der Waals surface area contributed by atoms with Crippen LogP contribution in [0.4, 0.5) is 11.5 Å². The van der Waals surface area contributed by atoms with Crippen molar-refractivity contribution < 1.29 is 4.74 Å². The molecule has 0 bridgehead atoms. The Labute approximate surface area is 146 Å². The minimum atomic E-state index is 0.635. The Kier molecular flexibility index (Phi) is 4.05. The average Bonchev–Trinajstić information content (AvgIpc) is 2.68. The lowest BCUT2D eigenvalue weighted by molar-refractivity contribution is 0.398. The number of hydrogen-bond donors (Lipinski definition) is 0. The van der Waals surface area contributed by atoms with Gasteiger partial charge in [0, 0.05) is 37.9 Å². The normalized spacial score (nSPS) is 14.8. The number of piperazine rings is 1. The van der Waals surface area contributed by atoms with Gasteiger partial charge in [0.1, 0.15) is 11.8 Å². The lowest BCUT2D eigenvalue weighted by Gasteiger charge is -2.36. The first kappa shape index (κ1) is 15.6. The van der Waals surface area contributed by atoms with E-state index in [1.54, 1.807) is 13.4 Å². The molecular weight excluding hydrogens is 316 g/mol. The first-order chi connectivity index (χ1) is 12.2. The van der Waals surface area contributed by atoms with Crippen molar-refractivity contribution in [3.63, 3.8) is 0 Å². The Bertz CT molecular complexity index is 874. The topological polar surface area (TPSA) is 67.3 Å². The maximum atomic E-state index is 5.12. The summed E-state index contributed by atoms with van der Waals surface area (Å²) in [7, 11) is 1.63. The van der Waals surface area contributed by atoms with Crippen LogP contribution in [-0.4, -0.2) is 53.2 Å². The molecular formula is C18H20N6O. The van der Waals surface area contributed by atoms with Crippen molar-refractivity contribution in [3.8, 4) is 5.88 Å². The number of fused-ring (bicyclic) bond motifs is 1. The molecule has 3 aromatic rings. The van der Waals surface area contributed by atoms with E-state index in [-0.39, 0.29) is 0 Å². The maximum absolute atomic E-state index is 5.12. The Morgan fingerprint density at radius 3 is 2.44 bits per heavy atom. The molecule has 0 amide bonds. The molecule has 0 N–H and O–H groups in total. The van der Waals surface area contributed by atoms with Crippen molar-refractivity contribution in [1.29, 1.82) is 0 Å². The minimum Gasteiger partial charge on any atom is -0.481 e. The van der Waals surface area contributed by atoms with Crippen LogP contribution in [0, 0.1) is 6.92 Å². The molecule has 1 fully saturated rings. The van der Waals surface area contributed by atoms with E-state index in [0.29, 0.717) is 5.88 Å². The van der Waals surface area contributed by atoms with E-state index in [2.05, 4.69) is 29.7 Å². The maximum Gasteiger partial charge on any atom is 0.213 e. The number of hydrogen-bond acceptors (Lipinski definition) is 7. The van der Waals surface area contributed by atoms with Crippen molar-refractivity contribution >= 4 is 22.5 Å². The molecule has 0 radical (unpaired) electrons. The number of aryl methyl sites for hydroxylation is 1. The molecule has 1 aliphatic rings. The highest BCUT2D eigenvalue weighted by atomic mass is 16.5. The summed E-state index contributed by atoms with van der Waals surface area (Å²) < 4.78 is 5.12. The van der Waals surface area contributed by atoms with Crippen molar-refractivity contribution in [2.75, 3.05) is 43.1 Å². The molecule has 0 spiro atoms. The molecule has 0 unspecified atom stereocenters. The number of aromatic nitrogens is 4. The second-order valence-electron chi connectivity index (χ2n) is 6.05. The molecule has 0 aromatic carbocycles. The van der Waals surface area contributed by atoms with Crippen LogP contribution in [0.5, 0.6) is 5.88 Å². The quantitative estimate of drug-likeness (QED) is 0.725. The molecule has 0 saturated carbocycles. The van der Waals surface area contributed by atoms with Crippen LogP contribution in [0.3, 0.4) is 0 Å². The fourth-order valence-corrected chi connectivity index (χ4v) is 3.11. The van der Waals surface area contributed by atoms with Gasteiger partial charge in [-0.05, 0) is 25.1 Å². The van der Waals surface area contributed by atoms with Crippen molar-refractivity contribution in [3.05, 3.63) is 42.5 Å². The molecule has 7 nitrogen and oxygen atoms in total. The van der Waals surface area contributed by atoms with Gasteiger partial charge in [-0.1, -0.05) is 0 Å². The minimum absolute atomic E-state index is 0.635. The summed E-state index contributed by atoms with van der Waals surface area (Å²) in [5.74, 6) is 1.55. The largest absolute Gasteiger partial charge is 0.481 e. The number of ether oxygens (including phenoxy) is 1. The smallest absolute Gasteiger partial charge is 0.213 e. The monoisotopic (exact) mass is 336 g/mol. The number of methoxy groups -OCH3 is 1. The number of nitrogens with zero attached hydrogens (tertiary/aromatic N) is 6. The third-order valence-electron chi connectivity index (χ3n) is 4.48. The Morgan fingerprint density at radius 1 is 0.920 bits per heavy atom. The summed E-state index contributed by atoms with van der Waals surface area (Å²) in [5.41, 5.74) is 3.85. The molecule has 0 atom stereocenters. The van der Waals surface area contributed by atoms with Crippen LogP contribution < -0.4 is 14.5 Å². The third-order valence-corrected chi connectivity index (χ3v) is 4.48. The van der Waals surface area contributed by atoms with Crippen LogP contribution >= 0.6 is 0 Å². The van der Waals surface area contributed by atoms with Gasteiger partial charge in [-0.25, -0.2) is 19.9 Å². The molecule has 7 heteroatoms. The average molecular weight is 336 g/mol. The first-order valence-electron chi connectivity index (χ1n) is 8.33. The first-order valence-corrected chi connectivity index (χ1v) is 8.33. The van der Waals surface area contributed by atoms with Crippen LogP contribution in [0.1, 0.15) is 5.69 Å². The van der Waals surface area contributed by atoms with E-state index in [1.165, 1.54) is 0 Å². The molecule has 1 saturated heterocycles. The summed E-state index contributed by atoms with van der Waals surface area (Å²) in [5, 5.41) is 0. The Balaban J connectivity index is 1.53. The number of rotatable bonds is 3. The van der Waals surface area contributed by atoms with E-state index < -0.39 is 0 Å². The predicted octanol–water partition coefficient (Wildman–Crippen LogP) is 2.06. The van der Waals surface area contributed by atoms with Gasteiger partial charge in [0.25, 0.3) is 0 Å². The van der Waals surface area contributed by atoms with E-state index in [0.717, 1.165) is 54.4 Å². The molecule has 3 aromatic heterocycles. The second-order valence-corrected chi connectivity index (χ2v) is 6.05. The lowest BCUT2D eigenvalue weighted by Crippen LogP contribution is -2.47. The fraction of sp³-hybridized carbons (Fsp3) is 0.333. The van der Waals surface area contributed by atoms with E-state index in [4.69, 9.17) is 4.74 Å². The van der Waals surface area contributed by atoms with Gasteiger partial charge in [-0.3, -0.25) is 0 Å². The van der Waals surface area contributed by atoms with Gasteiger partial charge in [0.05, 0.1) is 24.5 Å². The molecule has 1 aliphatic heterocycles. The zero-order valence-corrected chi connectivity index (χ0v) is 14.4. The van der Waals surface area contributed by atoms with Gasteiger partial charge in [0.2, 0.25) is 5.88 Å². The highest BCUT2D eigenvalue weighted by molar-refractivity contribution is 5.85. The molecule has 4 heterocycles.